The van der Waals surface area contributed by atoms with Gasteiger partial charge in [0.05, 0.1) is 6.61 Å². The van der Waals surface area contributed by atoms with E-state index < -0.39 is 0 Å². The van der Waals surface area contributed by atoms with Gasteiger partial charge in [-0.2, -0.15) is 0 Å². The quantitative estimate of drug-likeness (QED) is 0.877. The maximum atomic E-state index is 9.29. The van der Waals surface area contributed by atoms with E-state index in [1.807, 2.05) is 36.4 Å². The minimum atomic E-state index is -0.00308. The van der Waals surface area contributed by atoms with Crippen LogP contribution in [0.1, 0.15) is 5.56 Å². The van der Waals surface area contributed by atoms with E-state index >= 15 is 0 Å². The topological polar surface area (TPSA) is 20.2 Å². The lowest BCUT2D eigenvalue weighted by atomic mass is 10.2. The Balaban J connectivity index is 2.29. The zero-order valence-corrected chi connectivity index (χ0v) is 12.0. The lowest BCUT2D eigenvalue weighted by molar-refractivity contribution is 0.279. The van der Waals surface area contributed by atoms with E-state index in [2.05, 4.69) is 15.9 Å². The summed E-state index contributed by atoms with van der Waals surface area (Å²) in [5.41, 5.74) is 0.850. The number of hydrogen-bond donors (Lipinski definition) is 1. The second-order valence-electron chi connectivity index (χ2n) is 3.47. The largest absolute Gasteiger partial charge is 0.392 e. The Hall–Kier alpha value is -0.480. The van der Waals surface area contributed by atoms with Gasteiger partial charge in [0, 0.05) is 19.3 Å². The third-order valence-corrected chi connectivity index (χ3v) is 4.05. The van der Waals surface area contributed by atoms with Crippen LogP contribution in [0.5, 0.6) is 0 Å². The third-order valence-electron chi connectivity index (χ3n) is 2.22. The van der Waals surface area contributed by atoms with E-state index in [9.17, 15) is 5.11 Å². The number of benzene rings is 2. The van der Waals surface area contributed by atoms with Gasteiger partial charge in [-0.3, -0.25) is 0 Å². The smallest absolute Gasteiger partial charge is 0.0693 e. The van der Waals surface area contributed by atoms with Crippen LogP contribution in [-0.4, -0.2) is 5.11 Å². The molecule has 0 saturated carbocycles. The predicted octanol–water partition coefficient (Wildman–Crippen LogP) is 4.75. The summed E-state index contributed by atoms with van der Waals surface area (Å²) in [6.45, 7) is -0.00308. The molecule has 0 radical (unpaired) electrons. The predicted molar refractivity (Wildman–Crippen MR) is 75.6 cm³/mol. The van der Waals surface area contributed by atoms with E-state index in [4.69, 9.17) is 11.6 Å². The van der Waals surface area contributed by atoms with Crippen LogP contribution in [0.2, 0.25) is 5.02 Å². The van der Waals surface area contributed by atoms with Crippen molar-refractivity contribution in [2.75, 3.05) is 0 Å². The van der Waals surface area contributed by atoms with Crippen molar-refractivity contribution in [3.05, 3.63) is 57.5 Å². The molecule has 1 nitrogen and oxygen atoms in total. The number of aliphatic hydroxyl groups excluding tert-OH is 1. The van der Waals surface area contributed by atoms with Gasteiger partial charge in [-0.15, -0.1) is 0 Å². The summed E-state index contributed by atoms with van der Waals surface area (Å²) >= 11 is 10.9. The highest BCUT2D eigenvalue weighted by Gasteiger charge is 2.05. The van der Waals surface area contributed by atoms with Gasteiger partial charge in [0.15, 0.2) is 0 Å². The van der Waals surface area contributed by atoms with E-state index in [1.54, 1.807) is 17.8 Å². The normalized spacial score (nSPS) is 10.5. The number of hydrogen-bond acceptors (Lipinski definition) is 2. The molecule has 88 valence electrons. The van der Waals surface area contributed by atoms with Crippen LogP contribution in [0.15, 0.2) is 56.7 Å². The van der Waals surface area contributed by atoms with Crippen molar-refractivity contribution >= 4 is 39.3 Å². The summed E-state index contributed by atoms with van der Waals surface area (Å²) in [5, 5.41) is 9.94. The lowest BCUT2D eigenvalue weighted by Gasteiger charge is -2.07. The molecule has 0 aliphatic heterocycles. The molecule has 0 aliphatic rings. The van der Waals surface area contributed by atoms with Crippen molar-refractivity contribution in [2.45, 2.75) is 16.4 Å². The zero-order valence-electron chi connectivity index (χ0n) is 8.86. The van der Waals surface area contributed by atoms with Crippen LogP contribution in [0.3, 0.4) is 0 Å². The molecule has 2 rings (SSSR count). The molecule has 2 aromatic rings. The summed E-state index contributed by atoms with van der Waals surface area (Å²) in [4.78, 5) is 2.14. The Bertz CT molecular complexity index is 531. The molecule has 0 unspecified atom stereocenters. The van der Waals surface area contributed by atoms with Gasteiger partial charge >= 0.3 is 0 Å². The molecule has 0 heterocycles. The van der Waals surface area contributed by atoms with Crippen molar-refractivity contribution in [1.29, 1.82) is 0 Å². The molecule has 0 aromatic heterocycles. The van der Waals surface area contributed by atoms with Gasteiger partial charge in [-0.1, -0.05) is 45.4 Å². The second-order valence-corrected chi connectivity index (χ2v) is 5.94. The Morgan fingerprint density at radius 3 is 2.71 bits per heavy atom. The molecule has 0 bridgehead atoms. The Kier molecular flexibility index (Phi) is 4.51. The number of halogens is 2. The maximum Gasteiger partial charge on any atom is 0.0693 e. The minimum Gasteiger partial charge on any atom is -0.392 e. The molecule has 0 atom stereocenters. The molecule has 0 aliphatic carbocycles. The summed E-state index contributed by atoms with van der Waals surface area (Å²) in [6, 6.07) is 13.6. The van der Waals surface area contributed by atoms with Crippen LogP contribution < -0.4 is 0 Å². The van der Waals surface area contributed by atoms with Crippen LogP contribution in [0.4, 0.5) is 0 Å². The first-order valence-electron chi connectivity index (χ1n) is 5.02. The van der Waals surface area contributed by atoms with Gasteiger partial charge in [-0.25, -0.2) is 0 Å². The zero-order chi connectivity index (χ0) is 12.3. The summed E-state index contributed by atoms with van der Waals surface area (Å²) < 4.78 is 1.04. The first kappa shape index (κ1) is 13.0. The molecule has 1 N–H and O–H groups in total. The molecule has 0 fully saturated rings. The van der Waals surface area contributed by atoms with E-state index in [1.165, 1.54) is 0 Å². The molecule has 2 aromatic carbocycles. The SMILES string of the molecule is OCc1cc(Cl)ccc1Sc1cccc(Br)c1. The monoisotopic (exact) mass is 328 g/mol. The summed E-state index contributed by atoms with van der Waals surface area (Å²) in [5.74, 6) is 0. The first-order chi connectivity index (χ1) is 8.19. The van der Waals surface area contributed by atoms with Gasteiger partial charge in [0.2, 0.25) is 0 Å². The average Bonchev–Trinajstić information content (AvgIpc) is 2.31. The lowest BCUT2D eigenvalue weighted by Crippen LogP contribution is -1.87. The molecule has 0 spiro atoms. The molecule has 0 amide bonds. The van der Waals surface area contributed by atoms with Crippen molar-refractivity contribution < 1.29 is 5.11 Å². The fourth-order valence-corrected chi connectivity index (χ4v) is 3.15. The molecular formula is C13H10BrClOS. The summed E-state index contributed by atoms with van der Waals surface area (Å²) in [7, 11) is 0. The summed E-state index contributed by atoms with van der Waals surface area (Å²) in [6.07, 6.45) is 0. The highest BCUT2D eigenvalue weighted by atomic mass is 79.9. The third kappa shape index (κ3) is 3.49. The number of rotatable bonds is 3. The van der Waals surface area contributed by atoms with Crippen LogP contribution >= 0.6 is 39.3 Å². The Morgan fingerprint density at radius 1 is 1.18 bits per heavy atom. The van der Waals surface area contributed by atoms with Crippen molar-refractivity contribution in [1.82, 2.24) is 0 Å². The first-order valence-corrected chi connectivity index (χ1v) is 7.00. The van der Waals surface area contributed by atoms with Gasteiger partial charge in [0.25, 0.3) is 0 Å². The molecule has 17 heavy (non-hydrogen) atoms. The van der Waals surface area contributed by atoms with E-state index in [-0.39, 0.29) is 6.61 Å². The molecule has 4 heteroatoms. The van der Waals surface area contributed by atoms with Crippen molar-refractivity contribution in [3.8, 4) is 0 Å². The fraction of sp³-hybridized carbons (Fsp3) is 0.0769. The fourth-order valence-electron chi connectivity index (χ4n) is 1.43. The van der Waals surface area contributed by atoms with Crippen molar-refractivity contribution in [2.24, 2.45) is 0 Å². The maximum absolute atomic E-state index is 9.29. The number of aliphatic hydroxyl groups is 1. The van der Waals surface area contributed by atoms with Gasteiger partial charge < -0.3 is 5.11 Å². The second kappa shape index (κ2) is 5.91. The van der Waals surface area contributed by atoms with E-state index in [0.717, 1.165) is 19.8 Å². The van der Waals surface area contributed by atoms with Crippen molar-refractivity contribution in [3.63, 3.8) is 0 Å². The molecular weight excluding hydrogens is 320 g/mol. The Morgan fingerprint density at radius 2 is 2.00 bits per heavy atom. The Labute approximate surface area is 118 Å². The minimum absolute atomic E-state index is 0.00308. The van der Waals surface area contributed by atoms with Crippen LogP contribution in [-0.2, 0) is 6.61 Å². The van der Waals surface area contributed by atoms with Gasteiger partial charge in [-0.05, 0) is 42.0 Å². The van der Waals surface area contributed by atoms with Gasteiger partial charge in [0.1, 0.15) is 0 Å². The highest BCUT2D eigenvalue weighted by molar-refractivity contribution is 9.10. The van der Waals surface area contributed by atoms with Crippen LogP contribution in [0.25, 0.3) is 0 Å². The van der Waals surface area contributed by atoms with Crippen LogP contribution in [0, 0.1) is 0 Å². The molecule has 0 saturated heterocycles. The van der Waals surface area contributed by atoms with E-state index in [0.29, 0.717) is 5.02 Å². The standard InChI is InChI=1S/C13H10BrClOS/c14-10-2-1-3-12(7-10)17-13-5-4-11(15)6-9(13)8-16/h1-7,16H,8H2. The average molecular weight is 330 g/mol. The highest BCUT2D eigenvalue weighted by Crippen LogP contribution is 2.33.